The lowest BCUT2D eigenvalue weighted by Crippen LogP contribution is -2.32. The number of imidazole rings is 1. The molecule has 0 bridgehead atoms. The molecule has 4 N–H and O–H groups in total. The predicted molar refractivity (Wildman–Crippen MR) is 120 cm³/mol. The third kappa shape index (κ3) is 4.92. The highest BCUT2D eigenvalue weighted by molar-refractivity contribution is 7.92. The zero-order chi connectivity index (χ0) is 22.7. The minimum Gasteiger partial charge on any atom is -0.469 e. The molecule has 0 aliphatic carbocycles. The molecule has 0 aliphatic rings. The molecular weight excluding hydrogens is 432 g/mol. The molecule has 1 atom stereocenters. The second-order valence-electron chi connectivity index (χ2n) is 7.46. The zero-order valence-corrected chi connectivity index (χ0v) is 18.0. The van der Waals surface area contributed by atoms with Crippen molar-refractivity contribution < 1.29 is 17.6 Å². The van der Waals surface area contributed by atoms with E-state index in [0.29, 0.717) is 22.3 Å². The number of carbonyl (C=O) groups excluding carboxylic acids is 1. The lowest BCUT2D eigenvalue weighted by Gasteiger charge is -2.14. The number of hydrogen-bond acceptors (Lipinski definition) is 5. The van der Waals surface area contributed by atoms with Crippen LogP contribution in [-0.4, -0.2) is 30.3 Å². The molecule has 32 heavy (non-hydrogen) atoms. The highest BCUT2D eigenvalue weighted by atomic mass is 32.2. The number of aryl methyl sites for hydroxylation is 1. The van der Waals surface area contributed by atoms with Gasteiger partial charge in [-0.15, -0.1) is 0 Å². The quantitative estimate of drug-likeness (QED) is 0.324. The summed E-state index contributed by atoms with van der Waals surface area (Å²) < 4.78 is 33.1. The van der Waals surface area contributed by atoms with Gasteiger partial charge in [-0.2, -0.15) is 0 Å². The summed E-state index contributed by atoms with van der Waals surface area (Å²) in [5, 5.41) is 2.92. The molecule has 0 unspecified atom stereocenters. The van der Waals surface area contributed by atoms with Gasteiger partial charge in [-0.05, 0) is 67.9 Å². The van der Waals surface area contributed by atoms with E-state index in [-0.39, 0.29) is 16.8 Å². The molecule has 0 aliphatic heterocycles. The highest BCUT2D eigenvalue weighted by Gasteiger charge is 2.16. The molecule has 4 aromatic rings. The second-order valence-corrected chi connectivity index (χ2v) is 9.14. The number of rotatable bonds is 8. The standard InChI is InChI=1S/C22H22N4O5S/c1-14(4-9-17-3-2-12-31-17)23-21(27)15-5-7-16(8-6-15)26-32(29,30)18-10-11-19-20(13-18)25-22(28)24-19/h2-3,5-8,10-14,26H,4,9H2,1H3,(H,23,27)(H2,24,25,28)/t14-/m0/s1. The SMILES string of the molecule is C[C@@H](CCc1ccco1)NC(=O)c1ccc(NS(=O)(=O)c2ccc3[nH]c(=O)[nH]c3c2)cc1. The third-order valence-corrected chi connectivity index (χ3v) is 6.36. The van der Waals surface area contributed by atoms with Crippen molar-refractivity contribution in [2.24, 2.45) is 0 Å². The molecule has 0 saturated carbocycles. The van der Waals surface area contributed by atoms with E-state index in [9.17, 15) is 18.0 Å². The van der Waals surface area contributed by atoms with E-state index < -0.39 is 15.7 Å². The topological polar surface area (TPSA) is 137 Å². The fourth-order valence-corrected chi connectivity index (χ4v) is 4.36. The number of furan rings is 1. The number of carbonyl (C=O) groups is 1. The van der Waals surface area contributed by atoms with Gasteiger partial charge in [-0.3, -0.25) is 9.52 Å². The number of aromatic nitrogens is 2. The number of amides is 1. The smallest absolute Gasteiger partial charge is 0.323 e. The fraction of sp³-hybridized carbons (Fsp3) is 0.182. The normalized spacial score (nSPS) is 12.5. The van der Waals surface area contributed by atoms with Crippen LogP contribution in [0.4, 0.5) is 5.69 Å². The van der Waals surface area contributed by atoms with Crippen molar-refractivity contribution >= 4 is 32.7 Å². The molecule has 0 fully saturated rings. The summed E-state index contributed by atoms with van der Waals surface area (Å²) in [4.78, 5) is 28.9. The molecule has 1 amide bonds. The Kier molecular flexibility index (Phi) is 5.87. The van der Waals surface area contributed by atoms with Gasteiger partial charge in [0.25, 0.3) is 15.9 Å². The summed E-state index contributed by atoms with van der Waals surface area (Å²) in [6.07, 6.45) is 3.07. The molecule has 0 radical (unpaired) electrons. The molecule has 2 heterocycles. The zero-order valence-electron chi connectivity index (χ0n) is 17.2. The van der Waals surface area contributed by atoms with Crippen LogP contribution in [0, 0.1) is 0 Å². The number of anilines is 1. The first-order chi connectivity index (χ1) is 15.3. The van der Waals surface area contributed by atoms with Gasteiger partial charge in [0, 0.05) is 23.7 Å². The van der Waals surface area contributed by atoms with Crippen molar-refractivity contribution in [3.05, 3.63) is 82.7 Å². The number of nitrogens with one attached hydrogen (secondary N) is 4. The predicted octanol–water partition coefficient (Wildman–Crippen LogP) is 3.00. The maximum Gasteiger partial charge on any atom is 0.323 e. The summed E-state index contributed by atoms with van der Waals surface area (Å²) in [7, 11) is -3.87. The Morgan fingerprint density at radius 2 is 1.81 bits per heavy atom. The number of fused-ring (bicyclic) bond motifs is 1. The van der Waals surface area contributed by atoms with E-state index in [1.54, 1.807) is 18.4 Å². The largest absolute Gasteiger partial charge is 0.469 e. The Balaban J connectivity index is 1.38. The highest BCUT2D eigenvalue weighted by Crippen LogP contribution is 2.19. The molecular formula is C22H22N4O5S. The average Bonchev–Trinajstić information content (AvgIpc) is 3.40. The van der Waals surface area contributed by atoms with Gasteiger partial charge in [-0.25, -0.2) is 13.2 Å². The van der Waals surface area contributed by atoms with E-state index in [1.165, 1.54) is 30.3 Å². The number of benzene rings is 2. The molecule has 2 aromatic heterocycles. The van der Waals surface area contributed by atoms with E-state index in [2.05, 4.69) is 20.0 Å². The van der Waals surface area contributed by atoms with Crippen LogP contribution in [0.1, 0.15) is 29.5 Å². The molecule has 0 saturated heterocycles. The van der Waals surface area contributed by atoms with Crippen LogP contribution in [0.15, 0.2) is 75.0 Å². The van der Waals surface area contributed by atoms with Crippen LogP contribution in [0.5, 0.6) is 0 Å². The van der Waals surface area contributed by atoms with E-state index in [0.717, 1.165) is 18.6 Å². The Morgan fingerprint density at radius 3 is 2.53 bits per heavy atom. The lowest BCUT2D eigenvalue weighted by molar-refractivity contribution is 0.0938. The van der Waals surface area contributed by atoms with Gasteiger partial charge < -0.3 is 19.7 Å². The Labute approximate surface area is 183 Å². The summed E-state index contributed by atoms with van der Waals surface area (Å²) in [6.45, 7) is 1.91. The van der Waals surface area contributed by atoms with Crippen molar-refractivity contribution in [1.29, 1.82) is 0 Å². The molecule has 2 aromatic carbocycles. The van der Waals surface area contributed by atoms with Gasteiger partial charge in [0.15, 0.2) is 0 Å². The fourth-order valence-electron chi connectivity index (χ4n) is 3.28. The van der Waals surface area contributed by atoms with Gasteiger partial charge in [-0.1, -0.05) is 0 Å². The minimum absolute atomic E-state index is 0.00690. The summed E-state index contributed by atoms with van der Waals surface area (Å²) >= 11 is 0. The number of hydrogen-bond donors (Lipinski definition) is 4. The molecule has 4 rings (SSSR count). The average molecular weight is 455 g/mol. The third-order valence-electron chi connectivity index (χ3n) is 4.98. The number of H-pyrrole nitrogens is 2. The Bertz CT molecular complexity index is 1390. The van der Waals surface area contributed by atoms with E-state index in [4.69, 9.17) is 4.42 Å². The van der Waals surface area contributed by atoms with Gasteiger partial charge in [0.05, 0.1) is 22.2 Å². The summed E-state index contributed by atoms with van der Waals surface area (Å²) in [5.74, 6) is 0.623. The van der Waals surface area contributed by atoms with E-state index >= 15 is 0 Å². The van der Waals surface area contributed by atoms with Crippen molar-refractivity contribution in [2.75, 3.05) is 4.72 Å². The maximum absolute atomic E-state index is 12.7. The second kappa shape index (κ2) is 8.75. The van der Waals surface area contributed by atoms with Crippen LogP contribution in [0.3, 0.4) is 0 Å². The summed E-state index contributed by atoms with van der Waals surface area (Å²) in [5.41, 5.74) is 1.24. The number of sulfonamides is 1. The Morgan fingerprint density at radius 1 is 1.06 bits per heavy atom. The molecule has 166 valence electrons. The van der Waals surface area contributed by atoms with Crippen molar-refractivity contribution in [3.63, 3.8) is 0 Å². The molecule has 10 heteroatoms. The van der Waals surface area contributed by atoms with Crippen LogP contribution in [-0.2, 0) is 16.4 Å². The van der Waals surface area contributed by atoms with E-state index in [1.807, 2.05) is 19.1 Å². The number of aromatic amines is 2. The van der Waals surface area contributed by atoms with Crippen LogP contribution in [0.25, 0.3) is 11.0 Å². The maximum atomic E-state index is 12.7. The van der Waals surface area contributed by atoms with Crippen molar-refractivity contribution in [3.8, 4) is 0 Å². The van der Waals surface area contributed by atoms with Gasteiger partial charge >= 0.3 is 5.69 Å². The Hall–Kier alpha value is -3.79. The summed E-state index contributed by atoms with van der Waals surface area (Å²) in [6, 6.07) is 14.1. The van der Waals surface area contributed by atoms with Crippen LogP contribution in [0.2, 0.25) is 0 Å². The molecule has 0 spiro atoms. The van der Waals surface area contributed by atoms with Crippen LogP contribution < -0.4 is 15.7 Å². The minimum atomic E-state index is -3.87. The first-order valence-electron chi connectivity index (χ1n) is 9.98. The van der Waals surface area contributed by atoms with Gasteiger partial charge in [0.1, 0.15) is 5.76 Å². The molecule has 9 nitrogen and oxygen atoms in total. The van der Waals surface area contributed by atoms with Gasteiger partial charge in [0.2, 0.25) is 0 Å². The first-order valence-corrected chi connectivity index (χ1v) is 11.5. The van der Waals surface area contributed by atoms with Crippen LogP contribution >= 0.6 is 0 Å². The van der Waals surface area contributed by atoms with Crippen molar-refractivity contribution in [2.45, 2.75) is 30.7 Å². The lowest BCUT2D eigenvalue weighted by atomic mass is 10.1. The first kappa shape index (κ1) is 21.4. The monoisotopic (exact) mass is 454 g/mol. The van der Waals surface area contributed by atoms with Crippen molar-refractivity contribution in [1.82, 2.24) is 15.3 Å².